The zero-order valence-corrected chi connectivity index (χ0v) is 5.43. The molecule has 1 radical (unpaired) electrons. The van der Waals surface area contributed by atoms with E-state index in [1.165, 1.54) is 12.8 Å². The van der Waals surface area contributed by atoms with Crippen LogP contribution in [0.3, 0.4) is 0 Å². The highest BCUT2D eigenvalue weighted by Crippen LogP contribution is 2.19. The average molecular weight is 109 g/mol. The van der Waals surface area contributed by atoms with Crippen molar-refractivity contribution >= 4 is 0 Å². The summed E-state index contributed by atoms with van der Waals surface area (Å²) in [5.41, 5.74) is 0. The van der Waals surface area contributed by atoms with Gasteiger partial charge in [0.2, 0.25) is 0 Å². The Morgan fingerprint density at radius 3 is 2.50 bits per heavy atom. The Morgan fingerprint density at radius 2 is 2.12 bits per heavy atom. The van der Waals surface area contributed by atoms with E-state index in [9.17, 15) is 0 Å². The van der Waals surface area contributed by atoms with Crippen molar-refractivity contribution < 1.29 is 0 Å². The highest BCUT2D eigenvalue weighted by molar-refractivity contribution is 4.97. The second-order valence-electron chi connectivity index (χ2n) is 2.70. The molecule has 0 N–H and O–H groups in total. The summed E-state index contributed by atoms with van der Waals surface area (Å²) >= 11 is 0. The Morgan fingerprint density at radius 1 is 1.38 bits per heavy atom. The lowest BCUT2D eigenvalue weighted by Gasteiger charge is -2.15. The quantitative estimate of drug-likeness (QED) is 0.419. The number of hydrogen-bond acceptors (Lipinski definition) is 0. The van der Waals surface area contributed by atoms with Crippen LogP contribution in [0.1, 0.15) is 19.8 Å². The van der Waals surface area contributed by atoms with Crippen molar-refractivity contribution in [2.24, 2.45) is 11.8 Å². The molecular formula is C8H13. The van der Waals surface area contributed by atoms with Gasteiger partial charge in [-0.3, -0.25) is 0 Å². The summed E-state index contributed by atoms with van der Waals surface area (Å²) in [6, 6.07) is 0. The van der Waals surface area contributed by atoms with E-state index in [1.54, 1.807) is 0 Å². The van der Waals surface area contributed by atoms with E-state index in [-0.39, 0.29) is 0 Å². The van der Waals surface area contributed by atoms with Crippen molar-refractivity contribution in [3.8, 4) is 0 Å². The van der Waals surface area contributed by atoms with Crippen LogP contribution in [0.15, 0.2) is 12.2 Å². The van der Waals surface area contributed by atoms with E-state index in [0.717, 1.165) is 5.92 Å². The summed E-state index contributed by atoms with van der Waals surface area (Å²) in [7, 11) is 0. The maximum Gasteiger partial charge on any atom is -0.0233 e. The fourth-order valence-electron chi connectivity index (χ4n) is 1.02. The first-order valence-electron chi connectivity index (χ1n) is 3.30. The third kappa shape index (κ3) is 1.36. The fraction of sp³-hybridized carbons (Fsp3) is 0.625. The summed E-state index contributed by atoms with van der Waals surface area (Å²) in [5.74, 6) is 1.39. The highest BCUT2D eigenvalue weighted by Gasteiger charge is 2.06. The molecule has 0 spiro atoms. The van der Waals surface area contributed by atoms with Gasteiger partial charge in [-0.05, 0) is 31.6 Å². The van der Waals surface area contributed by atoms with Gasteiger partial charge in [-0.15, -0.1) is 0 Å². The van der Waals surface area contributed by atoms with E-state index in [0.29, 0.717) is 5.92 Å². The second-order valence-corrected chi connectivity index (χ2v) is 2.70. The predicted molar refractivity (Wildman–Crippen MR) is 36.4 cm³/mol. The first kappa shape index (κ1) is 5.87. The Kier molecular flexibility index (Phi) is 1.72. The van der Waals surface area contributed by atoms with Crippen LogP contribution < -0.4 is 0 Å². The van der Waals surface area contributed by atoms with Crippen molar-refractivity contribution in [1.29, 1.82) is 0 Å². The molecule has 0 fully saturated rings. The van der Waals surface area contributed by atoms with Crippen LogP contribution >= 0.6 is 0 Å². The van der Waals surface area contributed by atoms with E-state index in [1.807, 2.05) is 0 Å². The van der Waals surface area contributed by atoms with Gasteiger partial charge in [-0.2, -0.15) is 0 Å². The summed E-state index contributed by atoms with van der Waals surface area (Å²) in [4.78, 5) is 0. The van der Waals surface area contributed by atoms with Gasteiger partial charge in [0.15, 0.2) is 0 Å². The van der Waals surface area contributed by atoms with Crippen LogP contribution in [-0.2, 0) is 0 Å². The van der Waals surface area contributed by atoms with Gasteiger partial charge >= 0.3 is 0 Å². The van der Waals surface area contributed by atoms with Crippen molar-refractivity contribution in [2.45, 2.75) is 19.8 Å². The first-order valence-corrected chi connectivity index (χ1v) is 3.30. The minimum atomic E-state index is 0.589. The van der Waals surface area contributed by atoms with Gasteiger partial charge < -0.3 is 0 Å². The molecule has 0 aromatic heterocycles. The van der Waals surface area contributed by atoms with Crippen molar-refractivity contribution in [1.82, 2.24) is 0 Å². The molecule has 2 unspecified atom stereocenters. The molecule has 0 aromatic rings. The van der Waals surface area contributed by atoms with Crippen LogP contribution in [0.5, 0.6) is 0 Å². The van der Waals surface area contributed by atoms with Crippen molar-refractivity contribution in [3.63, 3.8) is 0 Å². The van der Waals surface area contributed by atoms with E-state index in [4.69, 9.17) is 0 Å². The molecule has 8 heavy (non-hydrogen) atoms. The third-order valence-electron chi connectivity index (χ3n) is 1.70. The molecule has 0 nitrogen and oxygen atoms in total. The molecule has 0 amide bonds. The van der Waals surface area contributed by atoms with Gasteiger partial charge in [0.25, 0.3) is 0 Å². The number of hydrogen-bond donors (Lipinski definition) is 0. The summed E-state index contributed by atoms with van der Waals surface area (Å²) < 4.78 is 0. The topological polar surface area (TPSA) is 0 Å². The Balaban J connectivity index is 2.42. The van der Waals surface area contributed by atoms with Crippen LogP contribution in [0.4, 0.5) is 0 Å². The van der Waals surface area contributed by atoms with Gasteiger partial charge in [-0.1, -0.05) is 19.1 Å². The molecule has 0 heterocycles. The van der Waals surface area contributed by atoms with Crippen molar-refractivity contribution in [2.75, 3.05) is 0 Å². The van der Waals surface area contributed by atoms with Gasteiger partial charge in [0.05, 0.1) is 0 Å². The summed E-state index contributed by atoms with van der Waals surface area (Å²) in [5, 5.41) is 0. The molecule has 45 valence electrons. The number of rotatable bonds is 0. The SMILES string of the molecule is [CH2]C1C=CC(C)CC1. The molecule has 0 saturated carbocycles. The monoisotopic (exact) mass is 109 g/mol. The minimum Gasteiger partial charge on any atom is -0.0854 e. The van der Waals surface area contributed by atoms with Gasteiger partial charge in [0, 0.05) is 0 Å². The molecule has 0 aromatic carbocycles. The molecule has 1 rings (SSSR count). The van der Waals surface area contributed by atoms with Crippen LogP contribution in [0.2, 0.25) is 0 Å². The molecule has 2 atom stereocenters. The molecule has 0 bridgehead atoms. The van der Waals surface area contributed by atoms with E-state index >= 15 is 0 Å². The standard InChI is InChI=1S/C8H13/c1-7-3-5-8(2)6-4-7/h3,5,7-8H,1,4,6H2,2H3. The molecular weight excluding hydrogens is 96.1 g/mol. The lowest BCUT2D eigenvalue weighted by Crippen LogP contribution is -2.01. The maximum atomic E-state index is 3.95. The smallest absolute Gasteiger partial charge is 0.0233 e. The summed E-state index contributed by atoms with van der Waals surface area (Å²) in [6.07, 6.45) is 7.08. The zero-order chi connectivity index (χ0) is 5.98. The highest BCUT2D eigenvalue weighted by atomic mass is 14.1. The Labute approximate surface area is 51.6 Å². The van der Waals surface area contributed by atoms with Crippen molar-refractivity contribution in [3.05, 3.63) is 19.1 Å². The molecule has 1 aliphatic rings. The first-order chi connectivity index (χ1) is 3.79. The normalized spacial score (nSPS) is 37.8. The lowest BCUT2D eigenvalue weighted by molar-refractivity contribution is 0.528. The molecule has 0 aliphatic heterocycles. The molecule has 0 heteroatoms. The second kappa shape index (κ2) is 2.34. The largest absolute Gasteiger partial charge is 0.0854 e. The number of allylic oxidation sites excluding steroid dienone is 2. The molecule has 1 aliphatic carbocycles. The minimum absolute atomic E-state index is 0.589. The van der Waals surface area contributed by atoms with Gasteiger partial charge in [-0.25, -0.2) is 0 Å². The third-order valence-corrected chi connectivity index (χ3v) is 1.70. The lowest BCUT2D eigenvalue weighted by atomic mass is 9.91. The molecule has 0 saturated heterocycles. The summed E-state index contributed by atoms with van der Waals surface area (Å²) in [6.45, 7) is 6.20. The predicted octanol–water partition coefficient (Wildman–Crippen LogP) is 2.42. The van der Waals surface area contributed by atoms with E-state index < -0.39 is 0 Å². The fourth-order valence-corrected chi connectivity index (χ4v) is 1.02. The maximum absolute atomic E-state index is 3.95. The van der Waals surface area contributed by atoms with Gasteiger partial charge in [0.1, 0.15) is 0 Å². The Bertz CT molecular complexity index is 80.2. The van der Waals surface area contributed by atoms with Crippen LogP contribution in [0.25, 0.3) is 0 Å². The Hall–Kier alpha value is -0.260. The zero-order valence-electron chi connectivity index (χ0n) is 5.43. The van der Waals surface area contributed by atoms with E-state index in [2.05, 4.69) is 26.0 Å². The van der Waals surface area contributed by atoms with Crippen LogP contribution in [0, 0.1) is 18.8 Å². The average Bonchev–Trinajstić information content (AvgIpc) is 1.77. The van der Waals surface area contributed by atoms with Crippen LogP contribution in [-0.4, -0.2) is 0 Å².